The summed E-state index contributed by atoms with van der Waals surface area (Å²) >= 11 is 4.53. The number of hydrogen-bond acceptors (Lipinski definition) is 5. The highest BCUT2D eigenvalue weighted by molar-refractivity contribution is 9.10. The van der Waals surface area contributed by atoms with Crippen molar-refractivity contribution in [2.75, 3.05) is 5.75 Å². The zero-order chi connectivity index (χ0) is 24.1. The molecule has 0 saturated carbocycles. The molecule has 3 aromatic carbocycles. The molecule has 0 radical (unpaired) electrons. The number of aryl methyl sites for hydroxylation is 2. The van der Waals surface area contributed by atoms with Gasteiger partial charge < -0.3 is 0 Å². The number of hydrogen-bond donors (Lipinski definition) is 1. The van der Waals surface area contributed by atoms with Gasteiger partial charge in [-0.15, -0.1) is 10.2 Å². The van der Waals surface area contributed by atoms with Crippen molar-refractivity contribution in [3.63, 3.8) is 0 Å². The van der Waals surface area contributed by atoms with Crippen molar-refractivity contribution in [3.8, 4) is 17.1 Å². The van der Waals surface area contributed by atoms with Gasteiger partial charge in [0.15, 0.2) is 11.0 Å². The van der Waals surface area contributed by atoms with E-state index in [1.807, 2.05) is 66.9 Å². The number of rotatable bonds is 7. The molecule has 34 heavy (non-hydrogen) atoms. The van der Waals surface area contributed by atoms with Crippen LogP contribution in [0.25, 0.3) is 17.1 Å². The van der Waals surface area contributed by atoms with Crippen LogP contribution in [0.15, 0.2) is 81.5 Å². The van der Waals surface area contributed by atoms with Gasteiger partial charge in [0.25, 0.3) is 5.91 Å². The summed E-state index contributed by atoms with van der Waals surface area (Å²) in [6, 6.07) is 20.6. The largest absolute Gasteiger partial charge is 0.272 e. The smallest absolute Gasteiger partial charge is 0.250 e. The van der Waals surface area contributed by atoms with Crippen LogP contribution in [0.3, 0.4) is 0 Å². The highest BCUT2D eigenvalue weighted by Gasteiger charge is 2.17. The number of nitrogens with one attached hydrogen (secondary N) is 1. The molecule has 1 aromatic heterocycles. The van der Waals surface area contributed by atoms with Crippen LogP contribution in [0.4, 0.5) is 4.39 Å². The maximum absolute atomic E-state index is 13.8. The molecule has 0 fully saturated rings. The lowest BCUT2D eigenvalue weighted by Crippen LogP contribution is -2.20. The summed E-state index contributed by atoms with van der Waals surface area (Å²) in [4.78, 5) is 12.4. The number of carbonyl (C=O) groups is 1. The number of aromatic nitrogens is 3. The van der Waals surface area contributed by atoms with Gasteiger partial charge in [-0.3, -0.25) is 9.36 Å². The van der Waals surface area contributed by atoms with E-state index in [9.17, 15) is 9.18 Å². The molecule has 0 saturated heterocycles. The molecule has 1 N–H and O–H groups in total. The number of nitrogens with zero attached hydrogens (tertiary/aromatic N) is 4. The molecule has 0 aliphatic carbocycles. The summed E-state index contributed by atoms with van der Waals surface area (Å²) in [6.07, 6.45) is 1.27. The first-order valence-corrected chi connectivity index (χ1v) is 12.2. The first kappa shape index (κ1) is 23.8. The van der Waals surface area contributed by atoms with E-state index in [0.29, 0.717) is 11.0 Å². The van der Waals surface area contributed by atoms with Gasteiger partial charge in [0.1, 0.15) is 5.82 Å². The predicted molar refractivity (Wildman–Crippen MR) is 137 cm³/mol. The van der Waals surface area contributed by atoms with Gasteiger partial charge in [-0.2, -0.15) is 5.10 Å². The van der Waals surface area contributed by atoms with E-state index < -0.39 is 5.82 Å². The minimum absolute atomic E-state index is 0.0657. The zero-order valence-corrected chi connectivity index (χ0v) is 20.9. The van der Waals surface area contributed by atoms with Gasteiger partial charge >= 0.3 is 0 Å². The minimum Gasteiger partial charge on any atom is -0.272 e. The summed E-state index contributed by atoms with van der Waals surface area (Å²) < 4.78 is 16.5. The first-order chi connectivity index (χ1) is 16.4. The van der Waals surface area contributed by atoms with Crippen molar-refractivity contribution in [2.24, 2.45) is 5.10 Å². The molecule has 1 amide bonds. The Morgan fingerprint density at radius 3 is 2.44 bits per heavy atom. The van der Waals surface area contributed by atoms with Crippen LogP contribution >= 0.6 is 27.7 Å². The van der Waals surface area contributed by atoms with Crippen LogP contribution in [0.5, 0.6) is 0 Å². The molecule has 1 heterocycles. The van der Waals surface area contributed by atoms with Crippen molar-refractivity contribution in [2.45, 2.75) is 19.0 Å². The summed E-state index contributed by atoms with van der Waals surface area (Å²) in [7, 11) is 0. The molecule has 172 valence electrons. The highest BCUT2D eigenvalue weighted by atomic mass is 79.9. The van der Waals surface area contributed by atoms with E-state index in [1.165, 1.54) is 24.0 Å². The SMILES string of the molecule is Cc1ccc(-c2nnc(SCC(=O)N/N=C\c3cc(Br)ccc3F)n2-c2ccc(C)cc2)cc1. The second kappa shape index (κ2) is 10.8. The van der Waals surface area contributed by atoms with Crippen molar-refractivity contribution in [3.05, 3.63) is 93.7 Å². The van der Waals surface area contributed by atoms with Crippen LogP contribution in [-0.4, -0.2) is 32.6 Å². The molecule has 9 heteroatoms. The number of carbonyl (C=O) groups excluding carboxylic acids is 1. The normalized spacial score (nSPS) is 11.2. The lowest BCUT2D eigenvalue weighted by Gasteiger charge is -2.11. The average Bonchev–Trinajstić information content (AvgIpc) is 3.25. The third-order valence-corrected chi connectivity index (χ3v) is 6.34. The standard InChI is InChI=1S/C25H21BrFN5OS/c1-16-3-7-18(8-4-16)24-30-31-25(32(24)21-10-5-17(2)6-11-21)34-15-23(33)29-28-14-19-13-20(26)9-12-22(19)27/h3-14H,15H2,1-2H3,(H,29,33)/b28-14-. The first-order valence-electron chi connectivity index (χ1n) is 10.4. The molecule has 0 atom stereocenters. The maximum atomic E-state index is 13.8. The van der Waals surface area contributed by atoms with E-state index in [0.717, 1.165) is 26.9 Å². The lowest BCUT2D eigenvalue weighted by atomic mass is 10.1. The predicted octanol–water partition coefficient (Wildman–Crippen LogP) is 5.70. The molecular formula is C25H21BrFN5OS. The van der Waals surface area contributed by atoms with Crippen LogP contribution in [0, 0.1) is 19.7 Å². The van der Waals surface area contributed by atoms with Gasteiger partial charge in [0.2, 0.25) is 0 Å². The fourth-order valence-corrected chi connectivity index (χ4v) is 4.25. The number of benzene rings is 3. The fourth-order valence-electron chi connectivity index (χ4n) is 3.13. The second-order valence-corrected chi connectivity index (χ2v) is 9.45. The summed E-state index contributed by atoms with van der Waals surface area (Å²) in [5.74, 6) is -0.0109. The molecule has 0 spiro atoms. The van der Waals surface area contributed by atoms with Gasteiger partial charge in [-0.05, 0) is 44.2 Å². The lowest BCUT2D eigenvalue weighted by molar-refractivity contribution is -0.118. The van der Waals surface area contributed by atoms with E-state index in [2.05, 4.69) is 36.7 Å². The highest BCUT2D eigenvalue weighted by Crippen LogP contribution is 2.28. The third kappa shape index (κ3) is 5.78. The van der Waals surface area contributed by atoms with Crippen LogP contribution in [0.2, 0.25) is 0 Å². The van der Waals surface area contributed by atoms with Crippen LogP contribution in [-0.2, 0) is 4.79 Å². The maximum Gasteiger partial charge on any atom is 0.250 e. The molecule has 0 bridgehead atoms. The molecule has 0 aliphatic rings. The molecular weight excluding hydrogens is 517 g/mol. The monoisotopic (exact) mass is 537 g/mol. The fraction of sp³-hybridized carbons (Fsp3) is 0.120. The molecule has 0 aliphatic heterocycles. The number of halogens is 2. The zero-order valence-electron chi connectivity index (χ0n) is 18.5. The number of hydrazone groups is 1. The van der Waals surface area contributed by atoms with Crippen molar-refractivity contribution in [1.82, 2.24) is 20.2 Å². The van der Waals surface area contributed by atoms with Crippen molar-refractivity contribution < 1.29 is 9.18 Å². The number of thioether (sulfide) groups is 1. The Balaban J connectivity index is 1.51. The topological polar surface area (TPSA) is 72.2 Å². The van der Waals surface area contributed by atoms with E-state index >= 15 is 0 Å². The Morgan fingerprint density at radius 2 is 1.74 bits per heavy atom. The Labute approximate surface area is 209 Å². The van der Waals surface area contributed by atoms with Gasteiger partial charge in [0, 0.05) is 21.3 Å². The second-order valence-electron chi connectivity index (χ2n) is 7.59. The van der Waals surface area contributed by atoms with Gasteiger partial charge in [-0.1, -0.05) is 75.2 Å². The van der Waals surface area contributed by atoms with Gasteiger partial charge in [-0.25, -0.2) is 9.82 Å². The van der Waals surface area contributed by atoms with Crippen LogP contribution < -0.4 is 5.43 Å². The molecule has 4 rings (SSSR count). The van der Waals surface area contributed by atoms with Crippen molar-refractivity contribution in [1.29, 1.82) is 0 Å². The molecule has 6 nitrogen and oxygen atoms in total. The van der Waals surface area contributed by atoms with E-state index in [-0.39, 0.29) is 17.2 Å². The van der Waals surface area contributed by atoms with Crippen molar-refractivity contribution >= 4 is 39.8 Å². The number of amides is 1. The Bertz CT molecular complexity index is 1340. The third-order valence-electron chi connectivity index (χ3n) is 4.92. The Morgan fingerprint density at radius 1 is 1.06 bits per heavy atom. The molecule has 4 aromatic rings. The Hall–Kier alpha value is -3.30. The van der Waals surface area contributed by atoms with E-state index in [1.54, 1.807) is 12.1 Å². The minimum atomic E-state index is -0.426. The summed E-state index contributed by atoms with van der Waals surface area (Å²) in [5.41, 5.74) is 6.82. The summed E-state index contributed by atoms with van der Waals surface area (Å²) in [5, 5.41) is 13.2. The quantitative estimate of drug-likeness (QED) is 0.186. The average molecular weight is 538 g/mol. The molecule has 0 unspecified atom stereocenters. The van der Waals surface area contributed by atoms with Gasteiger partial charge in [0.05, 0.1) is 12.0 Å². The van der Waals surface area contributed by atoms with Crippen LogP contribution in [0.1, 0.15) is 16.7 Å². The summed E-state index contributed by atoms with van der Waals surface area (Å²) in [6.45, 7) is 4.05. The van der Waals surface area contributed by atoms with E-state index in [4.69, 9.17) is 0 Å². The Kier molecular flexibility index (Phi) is 7.54.